The molecule has 0 spiro atoms. The number of hydrogen-bond acceptors (Lipinski definition) is 1. The zero-order chi connectivity index (χ0) is 9.72. The van der Waals surface area contributed by atoms with Gasteiger partial charge >= 0.3 is 0 Å². The first kappa shape index (κ1) is 11.0. The second kappa shape index (κ2) is 4.75. The predicted octanol–water partition coefficient (Wildman–Crippen LogP) is 3.21. The van der Waals surface area contributed by atoms with Gasteiger partial charge in [-0.2, -0.15) is 0 Å². The third-order valence-corrected chi connectivity index (χ3v) is 1.55. The summed E-state index contributed by atoms with van der Waals surface area (Å²) in [6.07, 6.45) is 1.56. The van der Waals surface area contributed by atoms with E-state index in [2.05, 4.69) is 13.2 Å². The Labute approximate surface area is 73.2 Å². The lowest BCUT2D eigenvalue weighted by atomic mass is 10.0. The fourth-order valence-electron chi connectivity index (χ4n) is 0.583. The van der Waals surface area contributed by atoms with Crippen LogP contribution in [0.15, 0.2) is 36.4 Å². The van der Waals surface area contributed by atoms with E-state index in [1.54, 1.807) is 6.08 Å². The molecule has 0 N–H and O–H groups in total. The van der Waals surface area contributed by atoms with Crippen LogP contribution in [0.2, 0.25) is 0 Å². The zero-order valence-electron chi connectivity index (χ0n) is 7.86. The Morgan fingerprint density at radius 2 is 1.92 bits per heavy atom. The van der Waals surface area contributed by atoms with Gasteiger partial charge in [-0.1, -0.05) is 27.0 Å². The molecule has 0 aliphatic heterocycles. The molecule has 0 saturated heterocycles. The molecule has 0 aromatic carbocycles. The Bertz CT molecular complexity index is 214. The highest BCUT2D eigenvalue weighted by Crippen LogP contribution is 2.16. The minimum Gasteiger partial charge on any atom is -0.494 e. The highest BCUT2D eigenvalue weighted by atomic mass is 19.1. The van der Waals surface area contributed by atoms with E-state index in [-0.39, 0.29) is 11.7 Å². The number of hydrogen-bond donors (Lipinski definition) is 0. The lowest BCUT2D eigenvalue weighted by Gasteiger charge is -2.06. The molecule has 0 amide bonds. The molecule has 0 rings (SSSR count). The van der Waals surface area contributed by atoms with Crippen molar-refractivity contribution in [3.8, 4) is 0 Å². The average Bonchev–Trinajstić information content (AvgIpc) is 1.98. The average molecular weight is 170 g/mol. The third kappa shape index (κ3) is 3.37. The topological polar surface area (TPSA) is 9.23 Å². The molecule has 0 radical (unpaired) electrons. The van der Waals surface area contributed by atoms with Gasteiger partial charge in [-0.15, -0.1) is 0 Å². The fourth-order valence-corrected chi connectivity index (χ4v) is 0.583. The second-order valence-electron chi connectivity index (χ2n) is 2.85. The molecule has 68 valence electrons. The van der Waals surface area contributed by atoms with Gasteiger partial charge in [0.15, 0.2) is 11.6 Å². The molecule has 0 unspecified atom stereocenters. The van der Waals surface area contributed by atoms with Gasteiger partial charge in [0.2, 0.25) is 0 Å². The van der Waals surface area contributed by atoms with Crippen LogP contribution < -0.4 is 0 Å². The molecule has 0 heterocycles. The van der Waals surface area contributed by atoms with Crippen molar-refractivity contribution in [1.29, 1.82) is 0 Å². The van der Waals surface area contributed by atoms with Gasteiger partial charge in [0.25, 0.3) is 0 Å². The van der Waals surface area contributed by atoms with Gasteiger partial charge in [-0.25, -0.2) is 4.39 Å². The Balaban J connectivity index is 4.49. The monoisotopic (exact) mass is 170 g/mol. The van der Waals surface area contributed by atoms with Crippen LogP contribution in [0.5, 0.6) is 0 Å². The number of allylic oxidation sites excluding steroid dienone is 3. The molecule has 0 saturated carbocycles. The highest BCUT2D eigenvalue weighted by molar-refractivity contribution is 5.27. The van der Waals surface area contributed by atoms with Gasteiger partial charge in [0, 0.05) is 0 Å². The van der Waals surface area contributed by atoms with Crippen molar-refractivity contribution in [2.45, 2.75) is 13.8 Å². The van der Waals surface area contributed by atoms with E-state index < -0.39 is 5.83 Å². The van der Waals surface area contributed by atoms with Gasteiger partial charge in [0.1, 0.15) is 0 Å². The summed E-state index contributed by atoms with van der Waals surface area (Å²) in [5, 5.41) is 0. The molecular weight excluding hydrogens is 155 g/mol. The van der Waals surface area contributed by atoms with Crippen LogP contribution in [0, 0.1) is 5.92 Å². The summed E-state index contributed by atoms with van der Waals surface area (Å²) in [5.74, 6) is -0.137. The number of methoxy groups -OCH3 is 1. The van der Waals surface area contributed by atoms with Gasteiger partial charge in [-0.3, -0.25) is 0 Å². The maximum Gasteiger partial charge on any atom is 0.157 e. The minimum absolute atomic E-state index is 0.147. The largest absolute Gasteiger partial charge is 0.494 e. The third-order valence-electron chi connectivity index (χ3n) is 1.55. The SMILES string of the molecule is C=C(F)/C(=C\C(=C)C(C)C)OC. The van der Waals surface area contributed by atoms with Crippen LogP contribution in [-0.2, 0) is 4.74 Å². The fraction of sp³-hybridized carbons (Fsp3) is 0.400. The summed E-state index contributed by atoms with van der Waals surface area (Å²) in [6.45, 7) is 10.9. The van der Waals surface area contributed by atoms with Crippen molar-refractivity contribution in [2.75, 3.05) is 7.11 Å². The van der Waals surface area contributed by atoms with Crippen LogP contribution in [0.25, 0.3) is 0 Å². The van der Waals surface area contributed by atoms with Crippen molar-refractivity contribution in [3.63, 3.8) is 0 Å². The lowest BCUT2D eigenvalue weighted by Crippen LogP contribution is -1.93. The molecule has 0 fully saturated rings. The normalized spacial score (nSPS) is 11.6. The van der Waals surface area contributed by atoms with Crippen molar-refractivity contribution >= 4 is 0 Å². The number of halogens is 1. The van der Waals surface area contributed by atoms with E-state index in [0.717, 1.165) is 5.57 Å². The Morgan fingerprint density at radius 1 is 1.42 bits per heavy atom. The Morgan fingerprint density at radius 3 is 2.17 bits per heavy atom. The second-order valence-corrected chi connectivity index (χ2v) is 2.85. The molecule has 0 atom stereocenters. The maximum absolute atomic E-state index is 12.6. The smallest absolute Gasteiger partial charge is 0.157 e. The quantitative estimate of drug-likeness (QED) is 0.465. The minimum atomic E-state index is -0.570. The van der Waals surface area contributed by atoms with Crippen LogP contribution in [-0.4, -0.2) is 7.11 Å². The molecule has 0 aromatic rings. The molecule has 2 heteroatoms. The summed E-state index contributed by atoms with van der Waals surface area (Å²) < 4.78 is 17.3. The molecule has 0 aliphatic rings. The Kier molecular flexibility index (Phi) is 4.34. The molecule has 1 nitrogen and oxygen atoms in total. The standard InChI is InChI=1S/C10H15FO/c1-7(2)8(3)6-10(12-5)9(4)11/h6-7H,3-4H2,1-2,5H3/b10-6+. The van der Waals surface area contributed by atoms with Crippen LogP contribution in [0.3, 0.4) is 0 Å². The van der Waals surface area contributed by atoms with E-state index in [1.165, 1.54) is 7.11 Å². The lowest BCUT2D eigenvalue weighted by molar-refractivity contribution is 0.283. The predicted molar refractivity (Wildman–Crippen MR) is 49.3 cm³/mol. The summed E-state index contributed by atoms with van der Waals surface area (Å²) in [6, 6.07) is 0. The summed E-state index contributed by atoms with van der Waals surface area (Å²) in [4.78, 5) is 0. The van der Waals surface area contributed by atoms with Crippen LogP contribution >= 0.6 is 0 Å². The summed E-state index contributed by atoms with van der Waals surface area (Å²) in [5.41, 5.74) is 0.825. The molecule has 0 aromatic heterocycles. The van der Waals surface area contributed by atoms with E-state index in [0.29, 0.717) is 0 Å². The number of ether oxygens (including phenoxy) is 1. The van der Waals surface area contributed by atoms with E-state index >= 15 is 0 Å². The molecule has 12 heavy (non-hydrogen) atoms. The van der Waals surface area contributed by atoms with Crippen molar-refractivity contribution in [3.05, 3.63) is 36.4 Å². The van der Waals surface area contributed by atoms with Crippen molar-refractivity contribution < 1.29 is 9.13 Å². The first-order chi connectivity index (χ1) is 5.49. The molecule has 0 aliphatic carbocycles. The van der Waals surface area contributed by atoms with Crippen LogP contribution in [0.1, 0.15) is 13.8 Å². The van der Waals surface area contributed by atoms with Gasteiger partial charge in [0.05, 0.1) is 7.11 Å². The van der Waals surface area contributed by atoms with Crippen molar-refractivity contribution in [2.24, 2.45) is 5.92 Å². The highest BCUT2D eigenvalue weighted by Gasteiger charge is 2.03. The van der Waals surface area contributed by atoms with E-state index in [4.69, 9.17) is 4.74 Å². The van der Waals surface area contributed by atoms with Gasteiger partial charge < -0.3 is 4.74 Å². The first-order valence-electron chi connectivity index (χ1n) is 3.78. The van der Waals surface area contributed by atoms with Crippen LogP contribution in [0.4, 0.5) is 4.39 Å². The summed E-state index contributed by atoms with van der Waals surface area (Å²) in [7, 11) is 1.41. The zero-order valence-corrected chi connectivity index (χ0v) is 7.86. The van der Waals surface area contributed by atoms with Gasteiger partial charge in [-0.05, 0) is 17.6 Å². The van der Waals surface area contributed by atoms with Crippen molar-refractivity contribution in [1.82, 2.24) is 0 Å². The Hall–Kier alpha value is -1.05. The summed E-state index contributed by atoms with van der Waals surface area (Å²) >= 11 is 0. The van der Waals surface area contributed by atoms with E-state index in [1.807, 2.05) is 13.8 Å². The molecule has 0 bridgehead atoms. The van der Waals surface area contributed by atoms with E-state index in [9.17, 15) is 4.39 Å². The number of rotatable bonds is 4. The molecular formula is C10H15FO. The first-order valence-corrected chi connectivity index (χ1v) is 3.78. The maximum atomic E-state index is 12.6.